The fraction of sp³-hybridized carbons (Fsp3) is 0.750. The molecule has 39 heavy (non-hydrogen) atoms. The molecule has 0 unspecified atom stereocenters. The molecule has 0 aromatic carbocycles. The fourth-order valence-electron chi connectivity index (χ4n) is 3.44. The molecule has 0 aliphatic carbocycles. The van der Waals surface area contributed by atoms with Gasteiger partial charge in [-0.1, -0.05) is 0 Å². The monoisotopic (exact) mass is 563 g/mol. The minimum atomic E-state index is -1.18. The van der Waals surface area contributed by atoms with E-state index in [-0.39, 0.29) is 19.1 Å². The van der Waals surface area contributed by atoms with Gasteiger partial charge in [-0.25, -0.2) is 0 Å². The first-order valence-electron chi connectivity index (χ1n) is 12.5. The van der Waals surface area contributed by atoms with Crippen molar-refractivity contribution in [2.45, 2.75) is 90.9 Å². The van der Waals surface area contributed by atoms with Gasteiger partial charge in [-0.15, -0.1) is 0 Å². The number of carbonyl (C=O) groups excluding carboxylic acids is 5. The number of carbonyl (C=O) groups is 6. The number of nitrogens with two attached hydrogens (primary N) is 1. The number of unbranched alkanes of at least 4 members (excludes halogenated alkanes) is 1. The van der Waals surface area contributed by atoms with E-state index >= 15 is 0 Å². The number of carboxylic acids is 1. The Morgan fingerprint density at radius 2 is 1.46 bits per heavy atom. The van der Waals surface area contributed by atoms with E-state index in [9.17, 15) is 24.0 Å². The first-order chi connectivity index (χ1) is 18.3. The van der Waals surface area contributed by atoms with Gasteiger partial charge in [0.25, 0.3) is 5.97 Å². The predicted octanol–water partition coefficient (Wildman–Crippen LogP) is -0.615. The minimum absolute atomic E-state index is 0.0934. The maximum atomic E-state index is 11.9. The van der Waals surface area contributed by atoms with Gasteiger partial charge in [0.05, 0.1) is 0 Å². The summed E-state index contributed by atoms with van der Waals surface area (Å²) in [5, 5.41) is 12.8. The SMILES string of the molecule is CC(=O)N[C@H]1[C@H](OCCCCC(=O)NCCCN)O[C@H](COC(C)=O)[C@H](OC(C)=O)[C@@H]1OC(C)=O.CC(=O)O. The molecule has 1 heterocycles. The topological polar surface area (TPSA) is 219 Å². The zero-order chi connectivity index (χ0) is 30.0. The summed E-state index contributed by atoms with van der Waals surface area (Å²) >= 11 is 0. The first kappa shape index (κ1) is 35.7. The summed E-state index contributed by atoms with van der Waals surface area (Å²) in [6.45, 7) is 6.74. The zero-order valence-corrected chi connectivity index (χ0v) is 23.1. The molecule has 0 aromatic heterocycles. The van der Waals surface area contributed by atoms with Crippen molar-refractivity contribution < 1.29 is 57.6 Å². The summed E-state index contributed by atoms with van der Waals surface area (Å²) in [4.78, 5) is 67.6. The Hall–Kier alpha value is -3.30. The van der Waals surface area contributed by atoms with Crippen molar-refractivity contribution in [3.05, 3.63) is 0 Å². The van der Waals surface area contributed by atoms with Crippen molar-refractivity contribution >= 4 is 35.7 Å². The van der Waals surface area contributed by atoms with E-state index in [2.05, 4.69) is 10.6 Å². The van der Waals surface area contributed by atoms with E-state index in [0.29, 0.717) is 38.8 Å². The largest absolute Gasteiger partial charge is 0.481 e. The van der Waals surface area contributed by atoms with Crippen molar-refractivity contribution in [3.63, 3.8) is 0 Å². The van der Waals surface area contributed by atoms with E-state index < -0.39 is 60.4 Å². The summed E-state index contributed by atoms with van der Waals surface area (Å²) in [6, 6.07) is -1.02. The fourth-order valence-corrected chi connectivity index (χ4v) is 3.44. The molecule has 0 saturated carbocycles. The van der Waals surface area contributed by atoms with Crippen LogP contribution in [0.15, 0.2) is 0 Å². The molecular weight excluding hydrogens is 522 g/mol. The third-order valence-electron chi connectivity index (χ3n) is 4.85. The molecule has 224 valence electrons. The molecule has 15 heteroatoms. The molecule has 5 atom stereocenters. The summed E-state index contributed by atoms with van der Waals surface area (Å²) in [7, 11) is 0. The predicted molar refractivity (Wildman–Crippen MR) is 134 cm³/mol. The zero-order valence-electron chi connectivity index (χ0n) is 23.1. The van der Waals surface area contributed by atoms with Crippen LogP contribution in [0.3, 0.4) is 0 Å². The lowest BCUT2D eigenvalue weighted by Gasteiger charge is -2.44. The average molecular weight is 564 g/mol. The van der Waals surface area contributed by atoms with Crippen molar-refractivity contribution in [1.82, 2.24) is 10.6 Å². The number of hydrogen-bond acceptors (Lipinski definition) is 12. The van der Waals surface area contributed by atoms with Gasteiger partial charge in [-0.3, -0.25) is 28.8 Å². The molecule has 1 aliphatic heterocycles. The van der Waals surface area contributed by atoms with Crippen LogP contribution in [0.1, 0.15) is 60.3 Å². The van der Waals surface area contributed by atoms with Crippen LogP contribution in [0.25, 0.3) is 0 Å². The van der Waals surface area contributed by atoms with Gasteiger partial charge < -0.3 is 45.2 Å². The van der Waals surface area contributed by atoms with E-state index in [0.717, 1.165) is 13.8 Å². The Bertz CT molecular complexity index is 818. The molecule has 1 saturated heterocycles. The van der Waals surface area contributed by atoms with Crippen molar-refractivity contribution in [2.24, 2.45) is 5.73 Å². The minimum Gasteiger partial charge on any atom is -0.481 e. The smallest absolute Gasteiger partial charge is 0.303 e. The highest BCUT2D eigenvalue weighted by Gasteiger charge is 2.51. The van der Waals surface area contributed by atoms with Crippen LogP contribution in [0.4, 0.5) is 0 Å². The number of rotatable bonds is 14. The standard InChI is InChI=1S/C22H37N3O10.C2H4O2/c1-13(26)25-19-21(34-16(4)29)20(33-15(3)28)17(12-32-14(2)27)35-22(19)31-11-6-5-8-18(30)24-10-7-9-23;1-2(3)4/h17,19-22H,5-12,23H2,1-4H3,(H,24,30)(H,25,26);1H3,(H,3,4)/t17-,19-,20+,21-,22-;/m1./s1. The highest BCUT2D eigenvalue weighted by atomic mass is 16.7. The van der Waals surface area contributed by atoms with Gasteiger partial charge in [0.2, 0.25) is 11.8 Å². The Balaban J connectivity index is 0.00000336. The molecule has 15 nitrogen and oxygen atoms in total. The van der Waals surface area contributed by atoms with Crippen molar-refractivity contribution in [1.29, 1.82) is 0 Å². The van der Waals surface area contributed by atoms with Gasteiger partial charge in [-0.05, 0) is 25.8 Å². The van der Waals surface area contributed by atoms with Crippen LogP contribution in [0.2, 0.25) is 0 Å². The maximum absolute atomic E-state index is 11.9. The molecular formula is C24H41N3O12. The number of ether oxygens (including phenoxy) is 5. The molecule has 0 spiro atoms. The van der Waals surface area contributed by atoms with Crippen molar-refractivity contribution in [3.8, 4) is 0 Å². The Kier molecular flexibility index (Phi) is 18.1. The second-order valence-corrected chi connectivity index (χ2v) is 8.56. The van der Waals surface area contributed by atoms with Crippen LogP contribution in [-0.2, 0) is 52.5 Å². The summed E-state index contributed by atoms with van der Waals surface area (Å²) in [5.41, 5.74) is 5.40. The van der Waals surface area contributed by atoms with Crippen molar-refractivity contribution in [2.75, 3.05) is 26.3 Å². The number of hydrogen-bond donors (Lipinski definition) is 4. The van der Waals surface area contributed by atoms with Crippen LogP contribution in [0.5, 0.6) is 0 Å². The lowest BCUT2D eigenvalue weighted by atomic mass is 9.96. The number of aliphatic carboxylic acids is 1. The quantitative estimate of drug-likeness (QED) is 0.118. The molecule has 0 bridgehead atoms. The molecule has 1 rings (SSSR count). The molecule has 0 radical (unpaired) electrons. The molecule has 5 N–H and O–H groups in total. The second-order valence-electron chi connectivity index (χ2n) is 8.56. The number of amides is 2. The van der Waals surface area contributed by atoms with Crippen LogP contribution >= 0.6 is 0 Å². The van der Waals surface area contributed by atoms with Crippen LogP contribution in [0, 0.1) is 0 Å². The van der Waals surface area contributed by atoms with E-state index in [1.807, 2.05) is 0 Å². The third kappa shape index (κ3) is 17.0. The lowest BCUT2D eigenvalue weighted by Crippen LogP contribution is -2.66. The molecule has 0 aromatic rings. The average Bonchev–Trinajstić information content (AvgIpc) is 2.80. The molecule has 1 fully saturated rings. The van der Waals surface area contributed by atoms with Gasteiger partial charge in [0.1, 0.15) is 18.8 Å². The van der Waals surface area contributed by atoms with Gasteiger partial charge in [0.15, 0.2) is 18.5 Å². The third-order valence-corrected chi connectivity index (χ3v) is 4.85. The highest BCUT2D eigenvalue weighted by molar-refractivity contribution is 5.75. The summed E-state index contributed by atoms with van der Waals surface area (Å²) < 4.78 is 27.5. The van der Waals surface area contributed by atoms with Gasteiger partial charge in [0, 0.05) is 54.2 Å². The Morgan fingerprint density at radius 3 is 1.97 bits per heavy atom. The molecule has 1 aliphatic rings. The normalized spacial score (nSPS) is 21.8. The van der Waals surface area contributed by atoms with Gasteiger partial charge in [-0.2, -0.15) is 0 Å². The van der Waals surface area contributed by atoms with Crippen LogP contribution in [-0.4, -0.2) is 97.7 Å². The Labute approximate surface area is 227 Å². The number of esters is 3. The highest BCUT2D eigenvalue weighted by Crippen LogP contribution is 2.28. The van der Waals surface area contributed by atoms with Gasteiger partial charge >= 0.3 is 17.9 Å². The summed E-state index contributed by atoms with van der Waals surface area (Å²) in [6.07, 6.45) is -2.47. The van der Waals surface area contributed by atoms with E-state index in [4.69, 9.17) is 39.3 Å². The number of nitrogens with one attached hydrogen (secondary N) is 2. The molecule has 2 amide bonds. The van der Waals surface area contributed by atoms with E-state index in [1.165, 1.54) is 20.8 Å². The summed E-state index contributed by atoms with van der Waals surface area (Å²) in [5.74, 6) is -3.35. The first-order valence-corrected chi connectivity index (χ1v) is 12.5. The number of carboxylic acid groups (broad SMARTS) is 1. The maximum Gasteiger partial charge on any atom is 0.303 e. The second kappa shape index (κ2) is 19.7. The lowest BCUT2D eigenvalue weighted by molar-refractivity contribution is -0.277. The van der Waals surface area contributed by atoms with E-state index in [1.54, 1.807) is 0 Å². The Morgan fingerprint density at radius 1 is 0.872 bits per heavy atom. The van der Waals surface area contributed by atoms with Crippen LogP contribution < -0.4 is 16.4 Å².